The molecule has 0 unspecified atom stereocenters. The minimum Gasteiger partial charge on any atom is -0.384 e. The number of nitrogens with one attached hydrogen (secondary N) is 3. The molecule has 3 atom stereocenters. The molecule has 41 heavy (non-hydrogen) atoms. The lowest BCUT2D eigenvalue weighted by Crippen LogP contribution is -2.58. The number of aliphatic hydroxyl groups is 1. The van der Waals surface area contributed by atoms with Gasteiger partial charge in [-0.2, -0.15) is 0 Å². The predicted octanol–water partition coefficient (Wildman–Crippen LogP) is 3.14. The number of halogens is 3. The van der Waals surface area contributed by atoms with Crippen LogP contribution in [0.3, 0.4) is 0 Å². The van der Waals surface area contributed by atoms with E-state index < -0.39 is 59.6 Å². The number of hydrogen-bond donors (Lipinski definition) is 4. The summed E-state index contributed by atoms with van der Waals surface area (Å²) in [4.78, 5) is 40.9. The van der Waals surface area contributed by atoms with E-state index >= 15 is 8.78 Å². The van der Waals surface area contributed by atoms with Gasteiger partial charge in [0.25, 0.3) is 17.7 Å². The van der Waals surface area contributed by atoms with Crippen molar-refractivity contribution in [3.05, 3.63) is 65.0 Å². The van der Waals surface area contributed by atoms with Crippen molar-refractivity contribution in [1.82, 2.24) is 15.5 Å². The van der Waals surface area contributed by atoms with Crippen LogP contribution in [0.25, 0.3) is 0 Å². The van der Waals surface area contributed by atoms with Gasteiger partial charge in [0.1, 0.15) is 11.9 Å². The van der Waals surface area contributed by atoms with Crippen molar-refractivity contribution in [1.29, 1.82) is 0 Å². The second-order valence-electron chi connectivity index (χ2n) is 11.8. The van der Waals surface area contributed by atoms with Gasteiger partial charge in [-0.3, -0.25) is 14.4 Å². The third-order valence-electron chi connectivity index (χ3n) is 7.93. The van der Waals surface area contributed by atoms with Gasteiger partial charge in [0.15, 0.2) is 6.10 Å². The van der Waals surface area contributed by atoms with E-state index in [9.17, 15) is 23.9 Å². The minimum absolute atomic E-state index is 0.0409. The second-order valence-corrected chi connectivity index (χ2v) is 11.8. The molecule has 3 amide bonds. The molecule has 4 rings (SSSR count). The molecule has 2 aliphatic heterocycles. The third-order valence-corrected chi connectivity index (χ3v) is 7.93. The molecule has 222 valence electrons. The van der Waals surface area contributed by atoms with Crippen LogP contribution in [-0.2, 0) is 22.4 Å². The molecule has 2 heterocycles. The Labute approximate surface area is 237 Å². The van der Waals surface area contributed by atoms with Crippen LogP contribution in [-0.4, -0.2) is 71.5 Å². The monoisotopic (exact) mass is 574 g/mol. The molecule has 0 aromatic heterocycles. The lowest BCUT2D eigenvalue weighted by Gasteiger charge is -2.34. The average molecular weight is 575 g/mol. The van der Waals surface area contributed by atoms with Gasteiger partial charge in [-0.1, -0.05) is 45.9 Å². The van der Waals surface area contributed by atoms with E-state index in [1.165, 1.54) is 32.0 Å². The first-order chi connectivity index (χ1) is 19.2. The summed E-state index contributed by atoms with van der Waals surface area (Å²) < 4.78 is 44.3. The number of carbonyl (C=O) groups excluding carboxylic acids is 3. The number of hydrogen-bond acceptors (Lipinski definition) is 5. The average Bonchev–Trinajstić information content (AvgIpc) is 3.45. The molecule has 2 aromatic carbocycles. The maximum absolute atomic E-state index is 15.2. The van der Waals surface area contributed by atoms with Gasteiger partial charge < -0.3 is 26.0 Å². The van der Waals surface area contributed by atoms with Gasteiger partial charge in [0.05, 0.1) is 18.0 Å². The number of fused-ring (bicyclic) bond motifs is 1. The quantitative estimate of drug-likeness (QED) is 0.368. The van der Waals surface area contributed by atoms with Crippen molar-refractivity contribution < 1.29 is 32.7 Å². The zero-order valence-corrected chi connectivity index (χ0v) is 23.6. The van der Waals surface area contributed by atoms with Crippen molar-refractivity contribution in [3.63, 3.8) is 0 Å². The topological polar surface area (TPSA) is 111 Å². The summed E-state index contributed by atoms with van der Waals surface area (Å²) >= 11 is 0. The fourth-order valence-corrected chi connectivity index (χ4v) is 5.48. The first kappa shape index (κ1) is 30.4. The van der Waals surface area contributed by atoms with E-state index in [0.717, 1.165) is 11.3 Å². The number of anilines is 1. The Morgan fingerprint density at radius 3 is 2.54 bits per heavy atom. The Bertz CT molecular complexity index is 1320. The molecule has 0 saturated carbocycles. The highest BCUT2D eigenvalue weighted by atomic mass is 19.3. The van der Waals surface area contributed by atoms with E-state index in [4.69, 9.17) is 0 Å². The van der Waals surface area contributed by atoms with Crippen LogP contribution >= 0.6 is 0 Å². The van der Waals surface area contributed by atoms with E-state index in [2.05, 4.69) is 16.0 Å². The van der Waals surface area contributed by atoms with Gasteiger partial charge >= 0.3 is 0 Å². The molecular weight excluding hydrogens is 537 g/mol. The summed E-state index contributed by atoms with van der Waals surface area (Å²) in [6.45, 7) is 5.90. The number of amides is 3. The van der Waals surface area contributed by atoms with Crippen LogP contribution in [0, 0.1) is 17.2 Å². The van der Waals surface area contributed by atoms with Crippen LogP contribution in [0.2, 0.25) is 0 Å². The first-order valence-corrected chi connectivity index (χ1v) is 13.8. The van der Waals surface area contributed by atoms with Crippen LogP contribution in [0.4, 0.5) is 18.9 Å². The van der Waals surface area contributed by atoms with Crippen LogP contribution in [0.15, 0.2) is 42.5 Å². The Hall–Kier alpha value is -3.60. The zero-order valence-electron chi connectivity index (χ0n) is 23.6. The van der Waals surface area contributed by atoms with Gasteiger partial charge in [-0.25, -0.2) is 13.2 Å². The summed E-state index contributed by atoms with van der Waals surface area (Å²) in [7, 11) is 0. The fraction of sp³-hybridized carbons (Fsp3) is 0.500. The van der Waals surface area contributed by atoms with E-state index in [0.29, 0.717) is 29.0 Å². The summed E-state index contributed by atoms with van der Waals surface area (Å²) in [5.41, 5.74) is 0.366. The highest BCUT2D eigenvalue weighted by Crippen LogP contribution is 2.48. The number of benzene rings is 2. The van der Waals surface area contributed by atoms with Crippen molar-refractivity contribution in [3.8, 4) is 0 Å². The molecule has 11 heteroatoms. The lowest BCUT2D eigenvalue weighted by molar-refractivity contribution is -0.148. The van der Waals surface area contributed by atoms with Gasteiger partial charge in [-0.15, -0.1) is 0 Å². The Kier molecular flexibility index (Phi) is 8.67. The molecule has 0 radical (unpaired) electrons. The lowest BCUT2D eigenvalue weighted by atomic mass is 9.81. The Balaban J connectivity index is 1.64. The van der Waals surface area contributed by atoms with Crippen molar-refractivity contribution >= 4 is 23.4 Å². The summed E-state index contributed by atoms with van der Waals surface area (Å²) in [6, 6.07) is 7.74. The highest BCUT2D eigenvalue weighted by molar-refractivity contribution is 5.98. The third kappa shape index (κ3) is 6.19. The van der Waals surface area contributed by atoms with Crippen LogP contribution in [0.1, 0.15) is 49.2 Å². The molecule has 4 N–H and O–H groups in total. The standard InChI is InChI=1S/C30H37F3N4O4/c1-17(2)15-35-27(40)25-29(3,4)30(32,33)16-37(25)28(41)24(38)23(14-18-7-5-8-19(31)13-18)36-26(39)21-9-6-10-22-20(21)11-12-34-22/h5-10,13,17,23-25,34,38H,11-12,14-16H2,1-4H3,(H,35,40)(H,36,39)/t23-,24-,25+/m0/s1. The van der Waals surface area contributed by atoms with Gasteiger partial charge in [0.2, 0.25) is 5.91 Å². The Morgan fingerprint density at radius 1 is 1.15 bits per heavy atom. The maximum Gasteiger partial charge on any atom is 0.272 e. The van der Waals surface area contributed by atoms with Gasteiger partial charge in [0, 0.05) is 24.3 Å². The van der Waals surface area contributed by atoms with Crippen LogP contribution in [0.5, 0.6) is 0 Å². The number of rotatable bonds is 9. The van der Waals surface area contributed by atoms with E-state index in [1.807, 2.05) is 19.9 Å². The first-order valence-electron chi connectivity index (χ1n) is 13.8. The predicted molar refractivity (Wildman–Crippen MR) is 148 cm³/mol. The number of alkyl halides is 2. The molecule has 1 saturated heterocycles. The minimum atomic E-state index is -3.43. The molecule has 8 nitrogen and oxygen atoms in total. The largest absolute Gasteiger partial charge is 0.384 e. The summed E-state index contributed by atoms with van der Waals surface area (Å²) in [6.07, 6.45) is -1.57. The number of aliphatic hydroxyl groups excluding tert-OH is 1. The molecular formula is C30H37F3N4O4. The van der Waals surface area contributed by atoms with Crippen molar-refractivity contribution in [2.75, 3.05) is 25.0 Å². The van der Waals surface area contributed by atoms with E-state index in [-0.39, 0.29) is 18.9 Å². The van der Waals surface area contributed by atoms with Crippen LogP contribution < -0.4 is 16.0 Å². The van der Waals surface area contributed by atoms with Crippen molar-refractivity contribution in [2.24, 2.45) is 11.3 Å². The maximum atomic E-state index is 15.2. The van der Waals surface area contributed by atoms with Crippen molar-refractivity contribution in [2.45, 2.75) is 64.6 Å². The SMILES string of the molecule is CC(C)CNC(=O)[C@H]1N(C(=O)[C@@H](O)[C@H](Cc2cccc(F)c2)NC(=O)c2cccc3c2CCN3)CC(F)(F)C1(C)C. The normalized spacial score (nSPS) is 20.2. The highest BCUT2D eigenvalue weighted by Gasteiger charge is 2.64. The number of likely N-dealkylation sites (tertiary alicyclic amines) is 1. The van der Waals surface area contributed by atoms with E-state index in [1.54, 1.807) is 18.2 Å². The van der Waals surface area contributed by atoms with Gasteiger partial charge in [-0.05, 0) is 54.2 Å². The molecule has 2 aliphatic rings. The fourth-order valence-electron chi connectivity index (χ4n) is 5.48. The zero-order chi connectivity index (χ0) is 30.1. The molecule has 0 aliphatic carbocycles. The summed E-state index contributed by atoms with van der Waals surface area (Å²) in [5, 5.41) is 19.8. The second kappa shape index (κ2) is 11.7. The molecule has 2 aromatic rings. The molecule has 1 fully saturated rings. The Morgan fingerprint density at radius 2 is 1.85 bits per heavy atom. The summed E-state index contributed by atoms with van der Waals surface area (Å²) in [5.74, 6) is -6.39. The molecule has 0 spiro atoms. The number of carbonyl (C=O) groups is 3. The number of nitrogens with zero attached hydrogens (tertiary/aromatic N) is 1. The smallest absolute Gasteiger partial charge is 0.272 e. The molecule has 0 bridgehead atoms.